The molecule has 1 atom stereocenters. The number of hydrogen-bond donors (Lipinski definition) is 1. The molecule has 1 unspecified atom stereocenters. The van der Waals surface area contributed by atoms with Gasteiger partial charge in [-0.3, -0.25) is 0 Å². The number of benzene rings is 1. The molecule has 0 saturated heterocycles. The third-order valence-corrected chi connectivity index (χ3v) is 4.09. The normalized spacial score (nSPS) is 18.2. The highest BCUT2D eigenvalue weighted by Gasteiger charge is 2.17. The van der Waals surface area contributed by atoms with E-state index in [0.717, 1.165) is 31.1 Å². The van der Waals surface area contributed by atoms with E-state index in [2.05, 4.69) is 19.1 Å². The zero-order valence-corrected chi connectivity index (χ0v) is 12.1. The fraction of sp³-hybridized carbons (Fsp3) is 0.647. The standard InChI is InChI=1S/C17H27NO/c1-2-12-19-16-10-8-15(9-11-16)17(18)13-14-6-4-3-5-7-14/h8-11,14,17H,2-7,12-13,18H2,1H3. The Balaban J connectivity index is 1.85. The van der Waals surface area contributed by atoms with Crippen LogP contribution < -0.4 is 10.5 Å². The van der Waals surface area contributed by atoms with Crippen LogP contribution in [0.1, 0.15) is 63.5 Å². The summed E-state index contributed by atoms with van der Waals surface area (Å²) >= 11 is 0. The highest BCUT2D eigenvalue weighted by Crippen LogP contribution is 2.31. The Morgan fingerprint density at radius 2 is 1.84 bits per heavy atom. The van der Waals surface area contributed by atoms with Gasteiger partial charge in [-0.25, -0.2) is 0 Å². The molecule has 0 amide bonds. The number of ether oxygens (including phenoxy) is 1. The lowest BCUT2D eigenvalue weighted by molar-refractivity contribution is 0.315. The molecule has 2 N–H and O–H groups in total. The minimum atomic E-state index is 0.184. The first-order valence-corrected chi connectivity index (χ1v) is 7.78. The summed E-state index contributed by atoms with van der Waals surface area (Å²) in [6.45, 7) is 2.90. The van der Waals surface area contributed by atoms with Crippen molar-refractivity contribution >= 4 is 0 Å². The second-order valence-corrected chi connectivity index (χ2v) is 5.76. The van der Waals surface area contributed by atoms with E-state index in [1.165, 1.54) is 37.7 Å². The van der Waals surface area contributed by atoms with E-state index in [4.69, 9.17) is 10.5 Å². The second-order valence-electron chi connectivity index (χ2n) is 5.76. The van der Waals surface area contributed by atoms with Gasteiger partial charge in [-0.1, -0.05) is 51.2 Å². The molecule has 0 aliphatic heterocycles. The SMILES string of the molecule is CCCOc1ccc(C(N)CC2CCCCC2)cc1. The first-order chi connectivity index (χ1) is 9.29. The Bertz CT molecular complexity index is 354. The lowest BCUT2D eigenvalue weighted by Gasteiger charge is -2.24. The van der Waals surface area contributed by atoms with E-state index in [1.807, 2.05) is 12.1 Å². The third kappa shape index (κ3) is 4.54. The van der Waals surface area contributed by atoms with Gasteiger partial charge in [0.15, 0.2) is 0 Å². The first-order valence-electron chi connectivity index (χ1n) is 7.78. The van der Waals surface area contributed by atoms with Gasteiger partial charge in [-0.05, 0) is 36.5 Å². The molecule has 1 aromatic rings. The van der Waals surface area contributed by atoms with Gasteiger partial charge in [0.05, 0.1) is 6.61 Å². The lowest BCUT2D eigenvalue weighted by Crippen LogP contribution is -2.17. The van der Waals surface area contributed by atoms with E-state index in [9.17, 15) is 0 Å². The van der Waals surface area contributed by atoms with Crippen molar-refractivity contribution in [3.05, 3.63) is 29.8 Å². The van der Waals surface area contributed by atoms with Crippen molar-refractivity contribution < 1.29 is 4.74 Å². The molecule has 1 fully saturated rings. The minimum Gasteiger partial charge on any atom is -0.494 e. The number of hydrogen-bond acceptors (Lipinski definition) is 2. The maximum Gasteiger partial charge on any atom is 0.119 e. The molecule has 1 aromatic carbocycles. The molecule has 1 aliphatic rings. The van der Waals surface area contributed by atoms with Crippen LogP contribution >= 0.6 is 0 Å². The fourth-order valence-electron chi connectivity index (χ4n) is 2.95. The monoisotopic (exact) mass is 261 g/mol. The number of nitrogens with two attached hydrogens (primary N) is 1. The van der Waals surface area contributed by atoms with E-state index >= 15 is 0 Å². The van der Waals surface area contributed by atoms with Crippen LogP contribution in [-0.2, 0) is 0 Å². The third-order valence-electron chi connectivity index (χ3n) is 4.09. The maximum atomic E-state index is 6.34. The molecule has 0 aromatic heterocycles. The molecule has 1 aliphatic carbocycles. The van der Waals surface area contributed by atoms with Crippen LogP contribution in [0.5, 0.6) is 5.75 Å². The van der Waals surface area contributed by atoms with Crippen LogP contribution in [0.15, 0.2) is 24.3 Å². The first kappa shape index (κ1) is 14.4. The van der Waals surface area contributed by atoms with Gasteiger partial charge < -0.3 is 10.5 Å². The Kier molecular flexibility index (Phi) is 5.71. The zero-order chi connectivity index (χ0) is 13.5. The van der Waals surface area contributed by atoms with Crippen molar-refractivity contribution in [2.45, 2.75) is 57.9 Å². The molecule has 0 heterocycles. The average Bonchev–Trinajstić information content (AvgIpc) is 2.46. The summed E-state index contributed by atoms with van der Waals surface area (Å²) in [5.74, 6) is 1.79. The summed E-state index contributed by atoms with van der Waals surface area (Å²) in [6, 6.07) is 8.53. The fourth-order valence-corrected chi connectivity index (χ4v) is 2.95. The highest BCUT2D eigenvalue weighted by atomic mass is 16.5. The highest BCUT2D eigenvalue weighted by molar-refractivity contribution is 5.29. The quantitative estimate of drug-likeness (QED) is 0.821. The smallest absolute Gasteiger partial charge is 0.119 e. The summed E-state index contributed by atoms with van der Waals surface area (Å²) in [6.07, 6.45) is 9.10. The molecule has 0 radical (unpaired) electrons. The summed E-state index contributed by atoms with van der Waals surface area (Å²) in [7, 11) is 0. The van der Waals surface area contributed by atoms with Crippen molar-refractivity contribution in [2.24, 2.45) is 11.7 Å². The summed E-state index contributed by atoms with van der Waals surface area (Å²) in [4.78, 5) is 0. The van der Waals surface area contributed by atoms with Gasteiger partial charge in [0, 0.05) is 6.04 Å². The molecular formula is C17H27NO. The van der Waals surface area contributed by atoms with Gasteiger partial charge in [-0.2, -0.15) is 0 Å². The molecule has 0 bridgehead atoms. The largest absolute Gasteiger partial charge is 0.494 e. The van der Waals surface area contributed by atoms with Gasteiger partial charge in [0.1, 0.15) is 5.75 Å². The molecule has 2 nitrogen and oxygen atoms in total. The van der Waals surface area contributed by atoms with Crippen molar-refractivity contribution in [2.75, 3.05) is 6.61 Å². The lowest BCUT2D eigenvalue weighted by atomic mass is 9.83. The molecule has 2 heteroatoms. The van der Waals surface area contributed by atoms with Crippen LogP contribution in [0.3, 0.4) is 0 Å². The number of rotatable bonds is 6. The van der Waals surface area contributed by atoms with Crippen LogP contribution in [0, 0.1) is 5.92 Å². The van der Waals surface area contributed by atoms with Crippen LogP contribution in [0.2, 0.25) is 0 Å². The Morgan fingerprint density at radius 1 is 1.16 bits per heavy atom. The Morgan fingerprint density at radius 3 is 2.47 bits per heavy atom. The van der Waals surface area contributed by atoms with Crippen molar-refractivity contribution in [1.29, 1.82) is 0 Å². The Labute approximate surface area is 117 Å². The zero-order valence-electron chi connectivity index (χ0n) is 12.1. The summed E-state index contributed by atoms with van der Waals surface area (Å²) < 4.78 is 5.60. The van der Waals surface area contributed by atoms with E-state index in [-0.39, 0.29) is 6.04 Å². The van der Waals surface area contributed by atoms with Gasteiger partial charge >= 0.3 is 0 Å². The second kappa shape index (κ2) is 7.54. The van der Waals surface area contributed by atoms with Crippen molar-refractivity contribution in [1.82, 2.24) is 0 Å². The van der Waals surface area contributed by atoms with Gasteiger partial charge in [0.25, 0.3) is 0 Å². The summed E-state index contributed by atoms with van der Waals surface area (Å²) in [5, 5.41) is 0. The molecule has 106 valence electrons. The molecule has 2 rings (SSSR count). The van der Waals surface area contributed by atoms with Crippen LogP contribution in [-0.4, -0.2) is 6.61 Å². The molecular weight excluding hydrogens is 234 g/mol. The van der Waals surface area contributed by atoms with Crippen LogP contribution in [0.25, 0.3) is 0 Å². The van der Waals surface area contributed by atoms with E-state index in [1.54, 1.807) is 0 Å². The molecule has 1 saturated carbocycles. The molecule has 0 spiro atoms. The van der Waals surface area contributed by atoms with Crippen LogP contribution in [0.4, 0.5) is 0 Å². The van der Waals surface area contributed by atoms with Crippen molar-refractivity contribution in [3.8, 4) is 5.75 Å². The van der Waals surface area contributed by atoms with Crippen molar-refractivity contribution in [3.63, 3.8) is 0 Å². The van der Waals surface area contributed by atoms with Gasteiger partial charge in [-0.15, -0.1) is 0 Å². The predicted octanol–water partition coefficient (Wildman–Crippen LogP) is 4.45. The van der Waals surface area contributed by atoms with E-state index < -0.39 is 0 Å². The van der Waals surface area contributed by atoms with E-state index in [0.29, 0.717) is 0 Å². The minimum absolute atomic E-state index is 0.184. The Hall–Kier alpha value is -1.02. The average molecular weight is 261 g/mol. The predicted molar refractivity (Wildman–Crippen MR) is 80.3 cm³/mol. The van der Waals surface area contributed by atoms with Gasteiger partial charge in [0.2, 0.25) is 0 Å². The molecule has 19 heavy (non-hydrogen) atoms. The maximum absolute atomic E-state index is 6.34. The topological polar surface area (TPSA) is 35.2 Å². The summed E-state index contributed by atoms with van der Waals surface area (Å²) in [5.41, 5.74) is 7.58.